The molecule has 0 spiro atoms. The number of carboxylic acids is 1. The summed E-state index contributed by atoms with van der Waals surface area (Å²) in [5.41, 5.74) is 1.60. The maximum atomic E-state index is 12.8. The Labute approximate surface area is 156 Å². The van der Waals surface area contributed by atoms with E-state index < -0.39 is 16.0 Å². The second-order valence-electron chi connectivity index (χ2n) is 6.39. The highest BCUT2D eigenvalue weighted by molar-refractivity contribution is 7.89. The van der Waals surface area contributed by atoms with Gasteiger partial charge in [-0.25, -0.2) is 18.2 Å². The summed E-state index contributed by atoms with van der Waals surface area (Å²) in [6.07, 6.45) is 4.90. The van der Waals surface area contributed by atoms with Gasteiger partial charge in [-0.05, 0) is 49.2 Å². The van der Waals surface area contributed by atoms with Crippen LogP contribution >= 0.6 is 0 Å². The highest BCUT2D eigenvalue weighted by Gasteiger charge is 2.28. The van der Waals surface area contributed by atoms with Crippen LogP contribution in [0.4, 0.5) is 0 Å². The average Bonchev–Trinajstić information content (AvgIpc) is 3.23. The van der Waals surface area contributed by atoms with Crippen molar-refractivity contribution in [1.29, 1.82) is 0 Å². The van der Waals surface area contributed by atoms with Crippen molar-refractivity contribution in [2.24, 2.45) is 0 Å². The van der Waals surface area contributed by atoms with Gasteiger partial charge in [0.25, 0.3) is 0 Å². The van der Waals surface area contributed by atoms with E-state index >= 15 is 0 Å². The molecule has 0 amide bonds. The van der Waals surface area contributed by atoms with Gasteiger partial charge < -0.3 is 5.11 Å². The lowest BCUT2D eigenvalue weighted by Crippen LogP contribution is -2.27. The predicted molar refractivity (Wildman–Crippen MR) is 99.9 cm³/mol. The number of pyridine rings is 2. The van der Waals surface area contributed by atoms with Crippen LogP contribution in [0, 0.1) is 0 Å². The molecule has 0 radical (unpaired) electrons. The molecule has 1 saturated heterocycles. The topological polar surface area (TPSA) is 100 Å². The Morgan fingerprint density at radius 3 is 2.56 bits per heavy atom. The third kappa shape index (κ3) is 3.17. The fourth-order valence-electron chi connectivity index (χ4n) is 3.28. The highest BCUT2D eigenvalue weighted by atomic mass is 32.2. The quantitative estimate of drug-likeness (QED) is 0.743. The monoisotopic (exact) mass is 383 g/mol. The molecule has 0 atom stereocenters. The van der Waals surface area contributed by atoms with E-state index in [-0.39, 0.29) is 10.5 Å². The van der Waals surface area contributed by atoms with Gasteiger partial charge in [-0.1, -0.05) is 0 Å². The molecule has 27 heavy (non-hydrogen) atoms. The largest absolute Gasteiger partial charge is 0.478 e. The number of hydrogen-bond acceptors (Lipinski definition) is 5. The first kappa shape index (κ1) is 17.6. The van der Waals surface area contributed by atoms with Crippen molar-refractivity contribution in [1.82, 2.24) is 14.3 Å². The van der Waals surface area contributed by atoms with E-state index in [2.05, 4.69) is 9.97 Å². The van der Waals surface area contributed by atoms with Crippen molar-refractivity contribution >= 4 is 26.9 Å². The summed E-state index contributed by atoms with van der Waals surface area (Å²) in [6, 6.07) is 9.44. The van der Waals surface area contributed by atoms with Crippen molar-refractivity contribution in [3.8, 4) is 11.3 Å². The van der Waals surface area contributed by atoms with Gasteiger partial charge in [0.05, 0.1) is 21.7 Å². The van der Waals surface area contributed by atoms with E-state index in [1.54, 1.807) is 30.6 Å². The van der Waals surface area contributed by atoms with E-state index in [1.807, 2.05) is 0 Å². The van der Waals surface area contributed by atoms with E-state index in [0.29, 0.717) is 35.2 Å². The summed E-state index contributed by atoms with van der Waals surface area (Å²) in [5, 5.41) is 9.96. The summed E-state index contributed by atoms with van der Waals surface area (Å²) < 4.78 is 27.0. The van der Waals surface area contributed by atoms with Gasteiger partial charge in [0.2, 0.25) is 10.0 Å². The summed E-state index contributed by atoms with van der Waals surface area (Å²) >= 11 is 0. The SMILES string of the molecule is O=C(O)c1cc(-c2cccnc2)nc2ccc(S(=O)(=O)N3CCCC3)cc12. The molecule has 1 N–H and O–H groups in total. The first-order valence-electron chi connectivity index (χ1n) is 8.55. The summed E-state index contributed by atoms with van der Waals surface area (Å²) in [6.45, 7) is 0.981. The second-order valence-corrected chi connectivity index (χ2v) is 8.33. The number of carboxylic acid groups (broad SMARTS) is 1. The standard InChI is InChI=1S/C19H17N3O4S/c23-19(24)16-11-18(13-4-3-7-20-12-13)21-17-6-5-14(10-15(16)17)27(25,26)22-8-1-2-9-22/h3-7,10-12H,1-2,8-9H2,(H,23,24). The molecule has 4 rings (SSSR count). The zero-order valence-corrected chi connectivity index (χ0v) is 15.2. The molecule has 1 fully saturated rings. The van der Waals surface area contributed by atoms with E-state index in [1.165, 1.54) is 22.5 Å². The number of aromatic nitrogens is 2. The Bertz CT molecular complexity index is 1120. The molecular weight excluding hydrogens is 366 g/mol. The zero-order chi connectivity index (χ0) is 19.0. The Hall–Kier alpha value is -2.84. The Morgan fingerprint density at radius 1 is 1.11 bits per heavy atom. The predicted octanol–water partition coefficient (Wildman–Crippen LogP) is 2.78. The van der Waals surface area contributed by atoms with Crippen molar-refractivity contribution in [2.45, 2.75) is 17.7 Å². The van der Waals surface area contributed by atoms with Crippen LogP contribution in [-0.2, 0) is 10.0 Å². The molecule has 1 aromatic carbocycles. The lowest BCUT2D eigenvalue weighted by atomic mass is 10.1. The molecule has 0 aliphatic carbocycles. The molecule has 3 heterocycles. The van der Waals surface area contributed by atoms with Gasteiger partial charge >= 0.3 is 5.97 Å². The van der Waals surface area contributed by atoms with Gasteiger partial charge in [0.1, 0.15) is 0 Å². The Morgan fingerprint density at radius 2 is 1.89 bits per heavy atom. The van der Waals surface area contributed by atoms with Crippen LogP contribution in [0.15, 0.2) is 53.7 Å². The van der Waals surface area contributed by atoms with Crippen LogP contribution in [0.3, 0.4) is 0 Å². The van der Waals surface area contributed by atoms with Crippen molar-refractivity contribution in [2.75, 3.05) is 13.1 Å². The molecule has 8 heteroatoms. The minimum absolute atomic E-state index is 0.0114. The van der Waals surface area contributed by atoms with E-state index in [0.717, 1.165) is 12.8 Å². The molecule has 7 nitrogen and oxygen atoms in total. The van der Waals surface area contributed by atoms with Crippen LogP contribution in [0.2, 0.25) is 0 Å². The van der Waals surface area contributed by atoms with Gasteiger partial charge in [-0.3, -0.25) is 4.98 Å². The van der Waals surface area contributed by atoms with Crippen LogP contribution in [0.5, 0.6) is 0 Å². The maximum absolute atomic E-state index is 12.8. The molecule has 3 aromatic rings. The van der Waals surface area contributed by atoms with Crippen molar-refractivity contribution in [3.05, 3.63) is 54.4 Å². The summed E-state index contributed by atoms with van der Waals surface area (Å²) in [4.78, 5) is 20.4. The average molecular weight is 383 g/mol. The normalized spacial score (nSPS) is 15.3. The van der Waals surface area contributed by atoms with Gasteiger partial charge in [0.15, 0.2) is 0 Å². The van der Waals surface area contributed by atoms with Crippen molar-refractivity contribution < 1.29 is 18.3 Å². The Balaban J connectivity index is 1.89. The van der Waals surface area contributed by atoms with Crippen LogP contribution in [0.25, 0.3) is 22.2 Å². The molecule has 2 aromatic heterocycles. The summed E-state index contributed by atoms with van der Waals surface area (Å²) in [5.74, 6) is -1.14. The maximum Gasteiger partial charge on any atom is 0.336 e. The number of benzene rings is 1. The fourth-order valence-corrected chi connectivity index (χ4v) is 4.83. The van der Waals surface area contributed by atoms with E-state index in [9.17, 15) is 18.3 Å². The fraction of sp³-hybridized carbons (Fsp3) is 0.211. The van der Waals surface area contributed by atoms with Crippen molar-refractivity contribution in [3.63, 3.8) is 0 Å². The molecule has 138 valence electrons. The lowest BCUT2D eigenvalue weighted by Gasteiger charge is -2.16. The number of sulfonamides is 1. The molecule has 1 aliphatic rings. The molecule has 0 bridgehead atoms. The number of carbonyl (C=O) groups is 1. The minimum atomic E-state index is -3.63. The molecule has 1 aliphatic heterocycles. The number of hydrogen-bond donors (Lipinski definition) is 1. The van der Waals surface area contributed by atoms with Crippen LogP contribution < -0.4 is 0 Å². The lowest BCUT2D eigenvalue weighted by molar-refractivity contribution is 0.0699. The Kier molecular flexibility index (Phi) is 4.37. The van der Waals surface area contributed by atoms with Crippen LogP contribution in [-0.4, -0.2) is 46.9 Å². The van der Waals surface area contributed by atoms with E-state index in [4.69, 9.17) is 0 Å². The first-order chi connectivity index (χ1) is 13.0. The smallest absolute Gasteiger partial charge is 0.336 e. The summed E-state index contributed by atoms with van der Waals surface area (Å²) in [7, 11) is -3.63. The number of rotatable bonds is 4. The van der Waals surface area contributed by atoms with Gasteiger partial charge in [0, 0.05) is 36.4 Å². The second kappa shape index (κ2) is 6.71. The first-order valence-corrected chi connectivity index (χ1v) is 9.99. The van der Waals surface area contributed by atoms with Gasteiger partial charge in [-0.2, -0.15) is 4.31 Å². The van der Waals surface area contributed by atoms with Gasteiger partial charge in [-0.15, -0.1) is 0 Å². The minimum Gasteiger partial charge on any atom is -0.478 e. The molecule has 0 unspecified atom stereocenters. The van der Waals surface area contributed by atoms with Crippen LogP contribution in [0.1, 0.15) is 23.2 Å². The molecule has 0 saturated carbocycles. The zero-order valence-electron chi connectivity index (χ0n) is 14.4. The third-order valence-corrected chi connectivity index (χ3v) is 6.57. The third-order valence-electron chi connectivity index (χ3n) is 4.67. The number of aromatic carboxylic acids is 1. The molecular formula is C19H17N3O4S. The highest BCUT2D eigenvalue weighted by Crippen LogP contribution is 2.28. The number of fused-ring (bicyclic) bond motifs is 1. The number of nitrogens with zero attached hydrogens (tertiary/aromatic N) is 3.